The molecule has 0 aliphatic carbocycles. The Morgan fingerprint density at radius 3 is 2.09 bits per heavy atom. The van der Waals surface area contributed by atoms with Crippen molar-refractivity contribution >= 4 is 23.3 Å². The van der Waals surface area contributed by atoms with Gasteiger partial charge in [0.2, 0.25) is 0 Å². The zero-order valence-corrected chi connectivity index (χ0v) is 12.3. The highest BCUT2D eigenvalue weighted by Crippen LogP contribution is 2.15. The molecule has 0 heterocycles. The number of hydrogen-bond acceptors (Lipinski definition) is 2. The third-order valence-electron chi connectivity index (χ3n) is 2.91. The second-order valence-corrected chi connectivity index (χ2v) is 4.66. The topological polar surface area (TPSA) is 70.2 Å². The number of urea groups is 1. The van der Waals surface area contributed by atoms with Gasteiger partial charge in [-0.2, -0.15) is 0 Å². The van der Waals surface area contributed by atoms with Crippen molar-refractivity contribution in [3.05, 3.63) is 72.6 Å². The van der Waals surface area contributed by atoms with E-state index in [-0.39, 0.29) is 11.9 Å². The van der Waals surface area contributed by atoms with Gasteiger partial charge in [-0.25, -0.2) is 9.18 Å². The van der Waals surface area contributed by atoms with Crippen LogP contribution >= 0.6 is 0 Å². The van der Waals surface area contributed by atoms with Crippen molar-refractivity contribution in [3.8, 4) is 0 Å². The summed E-state index contributed by atoms with van der Waals surface area (Å²) in [7, 11) is 0. The molecule has 5 nitrogen and oxygen atoms in total. The smallest absolute Gasteiger partial charge is 0.319 e. The van der Waals surface area contributed by atoms with Crippen LogP contribution in [0.3, 0.4) is 0 Å². The van der Waals surface area contributed by atoms with Gasteiger partial charge < -0.3 is 16.0 Å². The third kappa shape index (κ3) is 4.96. The van der Waals surface area contributed by atoms with Crippen LogP contribution in [0.2, 0.25) is 0 Å². The Morgan fingerprint density at radius 1 is 0.957 bits per heavy atom. The summed E-state index contributed by atoms with van der Waals surface area (Å²) >= 11 is 0. The maximum absolute atomic E-state index is 12.8. The van der Waals surface area contributed by atoms with Gasteiger partial charge >= 0.3 is 6.03 Å². The van der Waals surface area contributed by atoms with Gasteiger partial charge in [-0.1, -0.05) is 6.08 Å². The average Bonchev–Trinajstić information content (AvgIpc) is 2.55. The summed E-state index contributed by atoms with van der Waals surface area (Å²) in [5, 5.41) is 7.92. The van der Waals surface area contributed by atoms with E-state index in [2.05, 4.69) is 22.5 Å². The lowest BCUT2D eigenvalue weighted by molar-refractivity contribution is 0.102. The highest BCUT2D eigenvalue weighted by Gasteiger charge is 2.06. The third-order valence-corrected chi connectivity index (χ3v) is 2.91. The van der Waals surface area contributed by atoms with Gasteiger partial charge in [0.05, 0.1) is 0 Å². The largest absolute Gasteiger partial charge is 0.334 e. The van der Waals surface area contributed by atoms with Crippen LogP contribution in [-0.2, 0) is 0 Å². The molecule has 23 heavy (non-hydrogen) atoms. The van der Waals surface area contributed by atoms with E-state index >= 15 is 0 Å². The van der Waals surface area contributed by atoms with Crippen molar-refractivity contribution in [1.82, 2.24) is 5.32 Å². The fraction of sp³-hybridized carbons (Fsp3) is 0.0588. The van der Waals surface area contributed by atoms with Gasteiger partial charge in [-0.05, 0) is 48.5 Å². The summed E-state index contributed by atoms with van der Waals surface area (Å²) in [6.45, 7) is 3.88. The van der Waals surface area contributed by atoms with Gasteiger partial charge in [0.25, 0.3) is 5.91 Å². The van der Waals surface area contributed by atoms with E-state index in [9.17, 15) is 14.0 Å². The predicted molar refractivity (Wildman–Crippen MR) is 88.0 cm³/mol. The van der Waals surface area contributed by atoms with Crippen LogP contribution in [0.15, 0.2) is 61.2 Å². The molecule has 3 N–H and O–H groups in total. The van der Waals surface area contributed by atoms with Gasteiger partial charge in [0.15, 0.2) is 0 Å². The summed E-state index contributed by atoms with van der Waals surface area (Å²) in [5.74, 6) is -0.735. The minimum atomic E-state index is -0.397. The molecule has 0 aromatic heterocycles. The number of carbonyl (C=O) groups excluding carboxylic acids is 2. The van der Waals surface area contributed by atoms with E-state index in [1.54, 1.807) is 30.3 Å². The Labute approximate surface area is 133 Å². The van der Waals surface area contributed by atoms with Gasteiger partial charge in [0.1, 0.15) is 5.82 Å². The van der Waals surface area contributed by atoms with Crippen LogP contribution in [0.1, 0.15) is 10.4 Å². The summed E-state index contributed by atoms with van der Waals surface area (Å²) in [6, 6.07) is 11.6. The van der Waals surface area contributed by atoms with Crippen molar-refractivity contribution in [2.24, 2.45) is 0 Å². The molecule has 0 atom stereocenters. The van der Waals surface area contributed by atoms with E-state index in [1.165, 1.54) is 24.3 Å². The molecule has 118 valence electrons. The molecule has 6 heteroatoms. The quantitative estimate of drug-likeness (QED) is 0.741. The number of nitrogens with one attached hydrogen (secondary N) is 3. The number of anilines is 2. The van der Waals surface area contributed by atoms with Crippen LogP contribution in [0.25, 0.3) is 0 Å². The molecule has 0 bridgehead atoms. The van der Waals surface area contributed by atoms with E-state index in [0.717, 1.165) is 0 Å². The fourth-order valence-corrected chi connectivity index (χ4v) is 1.78. The molecule has 2 aromatic rings. The van der Waals surface area contributed by atoms with E-state index in [0.29, 0.717) is 23.5 Å². The van der Waals surface area contributed by atoms with Crippen LogP contribution in [-0.4, -0.2) is 18.5 Å². The lowest BCUT2D eigenvalue weighted by Gasteiger charge is -2.08. The van der Waals surface area contributed by atoms with Crippen LogP contribution in [0.5, 0.6) is 0 Å². The number of halogens is 1. The molecule has 0 radical (unpaired) electrons. The molecule has 0 fully saturated rings. The average molecular weight is 313 g/mol. The Hall–Kier alpha value is -3.15. The van der Waals surface area contributed by atoms with Crippen LogP contribution < -0.4 is 16.0 Å². The molecule has 0 saturated carbocycles. The molecule has 2 rings (SSSR count). The maximum atomic E-state index is 12.8. The number of rotatable bonds is 5. The monoisotopic (exact) mass is 313 g/mol. The first kappa shape index (κ1) is 16.2. The number of carbonyl (C=O) groups is 2. The molecule has 0 spiro atoms. The minimum Gasteiger partial charge on any atom is -0.334 e. The summed E-state index contributed by atoms with van der Waals surface area (Å²) in [4.78, 5) is 23.5. The van der Waals surface area contributed by atoms with E-state index in [1.807, 2.05) is 0 Å². The predicted octanol–water partition coefficient (Wildman–Crippen LogP) is 3.39. The highest BCUT2D eigenvalue weighted by atomic mass is 19.1. The molecular formula is C17H16FN3O2. The normalized spacial score (nSPS) is 9.78. The highest BCUT2D eigenvalue weighted by molar-refractivity contribution is 6.04. The first-order valence-corrected chi connectivity index (χ1v) is 6.91. The summed E-state index contributed by atoms with van der Waals surface area (Å²) in [6.07, 6.45) is 1.58. The number of benzene rings is 2. The van der Waals surface area contributed by atoms with Crippen molar-refractivity contribution in [1.29, 1.82) is 0 Å². The summed E-state index contributed by atoms with van der Waals surface area (Å²) in [5.41, 5.74) is 1.51. The van der Waals surface area contributed by atoms with Crippen LogP contribution in [0, 0.1) is 5.82 Å². The van der Waals surface area contributed by atoms with Crippen LogP contribution in [0.4, 0.5) is 20.6 Å². The molecule has 0 saturated heterocycles. The maximum Gasteiger partial charge on any atom is 0.319 e. The molecule has 0 aliphatic heterocycles. The Morgan fingerprint density at radius 2 is 1.52 bits per heavy atom. The molecular weight excluding hydrogens is 297 g/mol. The second kappa shape index (κ2) is 7.74. The standard InChI is InChI=1S/C17H16FN3O2/c1-2-11-19-17(23)21-15-9-7-14(8-10-15)20-16(22)12-3-5-13(18)6-4-12/h2-10H,1,11H2,(H,20,22)(H2,19,21,23). The number of amides is 3. The SMILES string of the molecule is C=CCNC(=O)Nc1ccc(NC(=O)c2ccc(F)cc2)cc1. The Balaban J connectivity index is 1.94. The van der Waals surface area contributed by atoms with Gasteiger partial charge in [-0.15, -0.1) is 6.58 Å². The first-order valence-electron chi connectivity index (χ1n) is 6.91. The van der Waals surface area contributed by atoms with Gasteiger partial charge in [-0.3, -0.25) is 4.79 Å². The van der Waals surface area contributed by atoms with Crippen molar-refractivity contribution in [2.45, 2.75) is 0 Å². The van der Waals surface area contributed by atoms with E-state index in [4.69, 9.17) is 0 Å². The number of hydrogen-bond donors (Lipinski definition) is 3. The fourth-order valence-electron chi connectivity index (χ4n) is 1.78. The van der Waals surface area contributed by atoms with E-state index < -0.39 is 5.82 Å². The lowest BCUT2D eigenvalue weighted by Crippen LogP contribution is -2.28. The van der Waals surface area contributed by atoms with Crippen molar-refractivity contribution in [2.75, 3.05) is 17.2 Å². The zero-order valence-electron chi connectivity index (χ0n) is 12.3. The zero-order chi connectivity index (χ0) is 16.7. The molecule has 0 aliphatic rings. The van der Waals surface area contributed by atoms with Gasteiger partial charge in [0, 0.05) is 23.5 Å². The Kier molecular flexibility index (Phi) is 5.46. The Bertz CT molecular complexity index is 697. The summed E-state index contributed by atoms with van der Waals surface area (Å²) < 4.78 is 12.8. The second-order valence-electron chi connectivity index (χ2n) is 4.66. The minimum absolute atomic E-state index is 0.338. The lowest BCUT2D eigenvalue weighted by atomic mass is 10.2. The first-order chi connectivity index (χ1) is 11.1. The molecule has 0 unspecified atom stereocenters. The van der Waals surface area contributed by atoms with Crippen molar-refractivity contribution < 1.29 is 14.0 Å². The van der Waals surface area contributed by atoms with Crippen molar-refractivity contribution in [3.63, 3.8) is 0 Å². The molecule has 3 amide bonds. The molecule has 2 aromatic carbocycles.